The zero-order valence-electron chi connectivity index (χ0n) is 12.3. The summed E-state index contributed by atoms with van der Waals surface area (Å²) in [7, 11) is 0. The second-order valence-electron chi connectivity index (χ2n) is 5.10. The summed E-state index contributed by atoms with van der Waals surface area (Å²) in [6, 6.07) is 0. The van der Waals surface area contributed by atoms with Crippen LogP contribution < -0.4 is 5.11 Å². The molecule has 120 valence electrons. The molecule has 21 heavy (non-hydrogen) atoms. The molecule has 0 aliphatic rings. The van der Waals surface area contributed by atoms with Crippen molar-refractivity contribution >= 4 is 17.9 Å². The Morgan fingerprint density at radius 2 is 1.52 bits per heavy atom. The van der Waals surface area contributed by atoms with Crippen LogP contribution in [0.3, 0.4) is 0 Å². The molecule has 7 heteroatoms. The highest BCUT2D eigenvalue weighted by Crippen LogP contribution is 2.09. The van der Waals surface area contributed by atoms with Gasteiger partial charge in [0.25, 0.3) is 0 Å². The molecule has 0 aromatic heterocycles. The molecule has 0 fully saturated rings. The molecule has 0 saturated carbocycles. The molecule has 0 aromatic rings. The smallest absolute Gasteiger partial charge is 0.359 e. The van der Waals surface area contributed by atoms with Gasteiger partial charge < -0.3 is 24.6 Å². The van der Waals surface area contributed by atoms with E-state index in [0.717, 1.165) is 19.3 Å². The number of hydrogen-bond acceptors (Lipinski definition) is 4. The molecule has 0 radical (unpaired) electrons. The van der Waals surface area contributed by atoms with Crippen LogP contribution in [0, 0.1) is 0 Å². The van der Waals surface area contributed by atoms with E-state index in [-0.39, 0.29) is 6.54 Å². The van der Waals surface area contributed by atoms with Gasteiger partial charge in [0.2, 0.25) is 0 Å². The molecule has 0 heterocycles. The lowest BCUT2D eigenvalue weighted by molar-refractivity contribution is -0.908. The number of carboxylic acids is 3. The molecule has 0 saturated heterocycles. The van der Waals surface area contributed by atoms with Crippen molar-refractivity contribution in [2.75, 3.05) is 26.2 Å². The fraction of sp³-hybridized carbons (Fsp3) is 0.643. The molecule has 0 aliphatic heterocycles. The Hall–Kier alpha value is -1.89. The van der Waals surface area contributed by atoms with Crippen LogP contribution in [0.4, 0.5) is 0 Å². The van der Waals surface area contributed by atoms with Gasteiger partial charge in [-0.25, -0.2) is 9.59 Å². The third-order valence-electron chi connectivity index (χ3n) is 3.07. The van der Waals surface area contributed by atoms with Gasteiger partial charge in [0.05, 0.1) is 12.5 Å². The fourth-order valence-electron chi connectivity index (χ4n) is 2.16. The van der Waals surface area contributed by atoms with Crippen LogP contribution in [0.5, 0.6) is 0 Å². The van der Waals surface area contributed by atoms with Crippen molar-refractivity contribution in [3.05, 3.63) is 12.2 Å². The number of hydrogen-bond donors (Lipinski definition) is 2. The first-order chi connectivity index (χ1) is 9.81. The Kier molecular flexibility index (Phi) is 9.03. The van der Waals surface area contributed by atoms with E-state index in [1.54, 1.807) is 0 Å². The maximum absolute atomic E-state index is 10.9. The van der Waals surface area contributed by atoms with Crippen LogP contribution in [0.15, 0.2) is 12.2 Å². The van der Waals surface area contributed by atoms with Crippen molar-refractivity contribution in [2.24, 2.45) is 0 Å². The van der Waals surface area contributed by atoms with Gasteiger partial charge in [-0.2, -0.15) is 0 Å². The van der Waals surface area contributed by atoms with Crippen LogP contribution in [-0.4, -0.2) is 58.8 Å². The number of carbonyl (C=O) groups is 3. The van der Waals surface area contributed by atoms with E-state index >= 15 is 0 Å². The zero-order valence-corrected chi connectivity index (χ0v) is 12.3. The van der Waals surface area contributed by atoms with Crippen molar-refractivity contribution in [2.45, 2.75) is 32.6 Å². The first-order valence-corrected chi connectivity index (χ1v) is 6.95. The number of allylic oxidation sites excluding steroid dienone is 1. The summed E-state index contributed by atoms with van der Waals surface area (Å²) in [6.07, 6.45) is 7.21. The van der Waals surface area contributed by atoms with Crippen molar-refractivity contribution in [3.63, 3.8) is 0 Å². The number of rotatable bonds is 12. The average Bonchev–Trinajstić information content (AvgIpc) is 2.30. The minimum Gasteiger partial charge on any atom is -0.544 e. The Morgan fingerprint density at radius 1 is 1.00 bits per heavy atom. The zero-order chi connectivity index (χ0) is 16.3. The van der Waals surface area contributed by atoms with Crippen LogP contribution in [-0.2, 0) is 14.4 Å². The van der Waals surface area contributed by atoms with Gasteiger partial charge in [0.15, 0.2) is 13.1 Å². The first-order valence-electron chi connectivity index (χ1n) is 6.95. The predicted molar refractivity (Wildman–Crippen MR) is 73.3 cm³/mol. The summed E-state index contributed by atoms with van der Waals surface area (Å²) in [6.45, 7) is 0.470. The van der Waals surface area contributed by atoms with Crippen molar-refractivity contribution in [1.29, 1.82) is 0 Å². The molecule has 0 aromatic carbocycles. The number of nitrogens with zero attached hydrogens (tertiary/aromatic N) is 1. The van der Waals surface area contributed by atoms with Gasteiger partial charge in [0, 0.05) is 6.42 Å². The van der Waals surface area contributed by atoms with Crippen LogP contribution in [0.25, 0.3) is 0 Å². The van der Waals surface area contributed by atoms with Gasteiger partial charge in [0.1, 0.15) is 6.54 Å². The molecule has 0 bridgehead atoms. The lowest BCUT2D eigenvalue weighted by Crippen LogP contribution is -2.59. The lowest BCUT2D eigenvalue weighted by Gasteiger charge is -2.35. The minimum absolute atomic E-state index is 0.134. The van der Waals surface area contributed by atoms with E-state index in [0.29, 0.717) is 6.42 Å². The summed E-state index contributed by atoms with van der Waals surface area (Å²) in [4.78, 5) is 32.6. The Morgan fingerprint density at radius 3 is 1.95 bits per heavy atom. The Balaban J connectivity index is 4.80. The molecule has 7 nitrogen and oxygen atoms in total. The molecule has 0 aliphatic carbocycles. The van der Waals surface area contributed by atoms with Crippen LogP contribution >= 0.6 is 0 Å². The lowest BCUT2D eigenvalue weighted by atomic mass is 10.2. The Bertz CT molecular complexity index is 350. The quantitative estimate of drug-likeness (QED) is 0.294. The SMILES string of the molecule is CCCC/C=C/CC[N+](CC(=O)[O-])(CC(=O)O)CC(=O)O. The molecule has 0 atom stereocenters. The topological polar surface area (TPSA) is 115 Å². The number of unbranched alkanes of at least 4 members (excludes halogenated alkanes) is 2. The van der Waals surface area contributed by atoms with Crippen molar-refractivity contribution < 1.29 is 34.2 Å². The fourth-order valence-corrected chi connectivity index (χ4v) is 2.16. The largest absolute Gasteiger partial charge is 0.544 e. The van der Waals surface area contributed by atoms with E-state index in [4.69, 9.17) is 10.2 Å². The van der Waals surface area contributed by atoms with Crippen molar-refractivity contribution in [1.82, 2.24) is 0 Å². The number of carboxylic acid groups (broad SMARTS) is 3. The van der Waals surface area contributed by atoms with Crippen molar-refractivity contribution in [3.8, 4) is 0 Å². The molecular formula is C14H23NO6. The average molecular weight is 301 g/mol. The molecule has 2 N–H and O–H groups in total. The first kappa shape index (κ1) is 19.1. The highest BCUT2D eigenvalue weighted by molar-refractivity contribution is 5.72. The van der Waals surface area contributed by atoms with E-state index in [2.05, 4.69) is 6.92 Å². The van der Waals surface area contributed by atoms with Gasteiger partial charge in [-0.15, -0.1) is 0 Å². The number of carbonyl (C=O) groups excluding carboxylic acids is 1. The second-order valence-corrected chi connectivity index (χ2v) is 5.10. The van der Waals surface area contributed by atoms with Gasteiger partial charge in [-0.1, -0.05) is 31.9 Å². The highest BCUT2D eigenvalue weighted by Gasteiger charge is 2.32. The number of aliphatic carboxylic acids is 3. The third-order valence-corrected chi connectivity index (χ3v) is 3.07. The molecule has 0 spiro atoms. The predicted octanol–water partition coefficient (Wildman–Crippen LogP) is -0.141. The van der Waals surface area contributed by atoms with Gasteiger partial charge >= 0.3 is 11.9 Å². The second kappa shape index (κ2) is 9.93. The van der Waals surface area contributed by atoms with E-state index in [1.807, 2.05) is 12.2 Å². The summed E-state index contributed by atoms with van der Waals surface area (Å²) < 4.78 is -0.550. The molecule has 0 rings (SSSR count). The molecule has 0 unspecified atom stereocenters. The third kappa shape index (κ3) is 9.61. The maximum atomic E-state index is 10.9. The van der Waals surface area contributed by atoms with Crippen LogP contribution in [0.1, 0.15) is 32.6 Å². The van der Waals surface area contributed by atoms with E-state index in [1.165, 1.54) is 0 Å². The molecular weight excluding hydrogens is 278 g/mol. The van der Waals surface area contributed by atoms with E-state index < -0.39 is 42.0 Å². The minimum atomic E-state index is -1.45. The summed E-state index contributed by atoms with van der Waals surface area (Å²) >= 11 is 0. The van der Waals surface area contributed by atoms with Crippen LogP contribution in [0.2, 0.25) is 0 Å². The Labute approximate surface area is 124 Å². The monoisotopic (exact) mass is 301 g/mol. The summed E-state index contributed by atoms with van der Waals surface area (Å²) in [5, 5.41) is 28.6. The van der Waals surface area contributed by atoms with Gasteiger partial charge in [-0.3, -0.25) is 0 Å². The van der Waals surface area contributed by atoms with Gasteiger partial charge in [-0.05, 0) is 6.42 Å². The highest BCUT2D eigenvalue weighted by atomic mass is 16.4. The summed E-state index contributed by atoms with van der Waals surface area (Å²) in [5.41, 5.74) is 0. The standard InChI is InChI=1S/C14H23NO6/c1-2-3-4-5-6-7-8-15(9-12(16)17,10-13(18)19)11-14(20)21/h5-6H,2-4,7-11H2,1H3,(H2-,16,17,18,19,20,21)/b6-5+. The van der Waals surface area contributed by atoms with E-state index in [9.17, 15) is 19.5 Å². The number of quaternary nitrogens is 1. The summed E-state index contributed by atoms with van der Waals surface area (Å²) in [5.74, 6) is -3.91. The maximum Gasteiger partial charge on any atom is 0.359 e. The molecule has 0 amide bonds. The normalized spacial score (nSPS) is 11.7.